The van der Waals surface area contributed by atoms with E-state index in [-0.39, 0.29) is 6.04 Å². The second-order valence-corrected chi connectivity index (χ2v) is 7.18. The van der Waals surface area contributed by atoms with E-state index in [4.69, 9.17) is 4.42 Å². The van der Waals surface area contributed by atoms with Crippen LogP contribution in [0.15, 0.2) is 21.9 Å². The number of thiophene rings is 1. The molecular weight excluding hydrogens is 312 g/mol. The van der Waals surface area contributed by atoms with Crippen LogP contribution in [-0.4, -0.2) is 52.1 Å². The molecule has 0 radical (unpaired) electrons. The zero-order valence-corrected chi connectivity index (χ0v) is 14.0. The quantitative estimate of drug-likeness (QED) is 0.860. The van der Waals surface area contributed by atoms with Crippen molar-refractivity contribution in [3.63, 3.8) is 0 Å². The third-order valence-corrected chi connectivity index (χ3v) is 5.49. The van der Waals surface area contributed by atoms with Crippen LogP contribution < -0.4 is 0 Å². The van der Waals surface area contributed by atoms with Crippen molar-refractivity contribution in [2.75, 3.05) is 26.2 Å². The molecule has 2 aliphatic rings. The van der Waals surface area contributed by atoms with E-state index >= 15 is 0 Å². The van der Waals surface area contributed by atoms with Crippen LogP contribution in [0.5, 0.6) is 0 Å². The van der Waals surface area contributed by atoms with E-state index in [9.17, 15) is 4.79 Å². The number of carbonyl (C=O) groups is 1. The maximum absolute atomic E-state index is 12.1. The van der Waals surface area contributed by atoms with Crippen molar-refractivity contribution in [2.45, 2.75) is 25.8 Å². The lowest BCUT2D eigenvalue weighted by molar-refractivity contribution is -0.134. The highest BCUT2D eigenvalue weighted by Crippen LogP contribution is 2.32. The van der Waals surface area contributed by atoms with Crippen LogP contribution in [0.4, 0.5) is 0 Å². The van der Waals surface area contributed by atoms with E-state index in [1.165, 1.54) is 0 Å². The van der Waals surface area contributed by atoms with E-state index < -0.39 is 0 Å². The van der Waals surface area contributed by atoms with Crippen molar-refractivity contribution in [1.82, 2.24) is 20.0 Å². The van der Waals surface area contributed by atoms with E-state index in [1.807, 2.05) is 22.4 Å². The van der Waals surface area contributed by atoms with Gasteiger partial charge in [0, 0.05) is 32.1 Å². The lowest BCUT2D eigenvalue weighted by Crippen LogP contribution is -2.49. The highest BCUT2D eigenvalue weighted by Gasteiger charge is 2.35. The molecule has 1 aliphatic carbocycles. The molecule has 1 aliphatic heterocycles. The van der Waals surface area contributed by atoms with Crippen LogP contribution in [0.3, 0.4) is 0 Å². The van der Waals surface area contributed by atoms with E-state index in [0.717, 1.165) is 43.9 Å². The first-order valence-corrected chi connectivity index (χ1v) is 9.00. The molecule has 0 spiro atoms. The summed E-state index contributed by atoms with van der Waals surface area (Å²) >= 11 is 1.59. The molecule has 1 amide bonds. The van der Waals surface area contributed by atoms with Crippen molar-refractivity contribution < 1.29 is 9.21 Å². The number of nitrogens with zero attached hydrogens (tertiary/aromatic N) is 4. The molecule has 1 atom stereocenters. The summed E-state index contributed by atoms with van der Waals surface area (Å²) in [5, 5.41) is 10.4. The molecule has 0 N–H and O–H groups in total. The number of aromatic nitrogens is 2. The molecule has 3 heterocycles. The Morgan fingerprint density at radius 2 is 2.09 bits per heavy atom. The molecule has 0 aromatic carbocycles. The minimum absolute atomic E-state index is 0.0781. The molecule has 2 fully saturated rings. The van der Waals surface area contributed by atoms with E-state index in [0.29, 0.717) is 23.6 Å². The molecular formula is C16H20N4O2S. The minimum atomic E-state index is 0.0781. The van der Waals surface area contributed by atoms with Crippen LogP contribution in [0, 0.1) is 5.92 Å². The highest BCUT2D eigenvalue weighted by molar-refractivity contribution is 7.13. The summed E-state index contributed by atoms with van der Waals surface area (Å²) in [6.07, 6.45) is 2.14. The maximum atomic E-state index is 12.1. The topological polar surface area (TPSA) is 62.5 Å². The van der Waals surface area contributed by atoms with Crippen molar-refractivity contribution >= 4 is 17.2 Å². The molecule has 2 aromatic heterocycles. The van der Waals surface area contributed by atoms with Gasteiger partial charge in [0.15, 0.2) is 0 Å². The molecule has 1 saturated heterocycles. The number of hydrogen-bond donors (Lipinski definition) is 0. The first kappa shape index (κ1) is 14.8. The van der Waals surface area contributed by atoms with Gasteiger partial charge in [-0.15, -0.1) is 21.5 Å². The summed E-state index contributed by atoms with van der Waals surface area (Å²) in [6, 6.07) is 4.03. The third kappa shape index (κ3) is 3.03. The van der Waals surface area contributed by atoms with Gasteiger partial charge in [0.1, 0.15) is 0 Å². The standard InChI is InChI=1S/C16H20N4O2S/c1-11(14-17-18-15(22-14)13-3-2-10-23-13)19-6-8-20(9-7-19)16(21)12-4-5-12/h2-3,10-12H,4-9H2,1H3. The predicted molar refractivity (Wildman–Crippen MR) is 86.9 cm³/mol. The highest BCUT2D eigenvalue weighted by atomic mass is 32.1. The largest absolute Gasteiger partial charge is 0.418 e. The number of piperazine rings is 1. The van der Waals surface area contributed by atoms with Crippen molar-refractivity contribution in [1.29, 1.82) is 0 Å². The van der Waals surface area contributed by atoms with Crippen LogP contribution in [0.25, 0.3) is 10.8 Å². The van der Waals surface area contributed by atoms with Crippen LogP contribution >= 0.6 is 11.3 Å². The Bertz CT molecular complexity index is 672. The van der Waals surface area contributed by atoms with Gasteiger partial charge >= 0.3 is 0 Å². The summed E-state index contributed by atoms with van der Waals surface area (Å²) in [5.74, 6) is 1.89. The molecule has 1 saturated carbocycles. The van der Waals surface area contributed by atoms with Gasteiger partial charge in [0.25, 0.3) is 5.89 Å². The van der Waals surface area contributed by atoms with Crippen LogP contribution in [0.2, 0.25) is 0 Å². The average molecular weight is 332 g/mol. The third-order valence-electron chi connectivity index (χ3n) is 4.63. The Morgan fingerprint density at radius 3 is 2.74 bits per heavy atom. The summed E-state index contributed by atoms with van der Waals surface area (Å²) in [7, 11) is 0. The second kappa shape index (κ2) is 6.05. The predicted octanol–water partition coefficient (Wildman–Crippen LogP) is 2.41. The van der Waals surface area contributed by atoms with Gasteiger partial charge in [-0.1, -0.05) is 6.07 Å². The molecule has 23 heavy (non-hydrogen) atoms. The summed E-state index contributed by atoms with van der Waals surface area (Å²) in [5.41, 5.74) is 0. The van der Waals surface area contributed by atoms with Gasteiger partial charge in [-0.2, -0.15) is 0 Å². The molecule has 4 rings (SSSR count). The monoisotopic (exact) mass is 332 g/mol. The Balaban J connectivity index is 1.38. The smallest absolute Gasteiger partial charge is 0.257 e. The van der Waals surface area contributed by atoms with Gasteiger partial charge < -0.3 is 9.32 Å². The van der Waals surface area contributed by atoms with Gasteiger partial charge in [0.2, 0.25) is 11.8 Å². The average Bonchev–Trinajstić information content (AvgIpc) is 3.09. The summed E-state index contributed by atoms with van der Waals surface area (Å²) in [6.45, 7) is 5.40. The molecule has 6 nitrogen and oxygen atoms in total. The molecule has 1 unspecified atom stereocenters. The number of carbonyl (C=O) groups excluding carboxylic acids is 1. The number of rotatable bonds is 4. The molecule has 122 valence electrons. The lowest BCUT2D eigenvalue weighted by atomic mass is 10.2. The Kier molecular flexibility index (Phi) is 3.90. The van der Waals surface area contributed by atoms with Crippen LogP contribution in [-0.2, 0) is 4.79 Å². The summed E-state index contributed by atoms with van der Waals surface area (Å²) < 4.78 is 5.83. The first-order chi connectivity index (χ1) is 11.2. The Morgan fingerprint density at radius 1 is 1.30 bits per heavy atom. The minimum Gasteiger partial charge on any atom is -0.418 e. The van der Waals surface area contributed by atoms with Crippen molar-refractivity contribution in [2.24, 2.45) is 5.92 Å². The van der Waals surface area contributed by atoms with Gasteiger partial charge in [0.05, 0.1) is 10.9 Å². The fourth-order valence-electron chi connectivity index (χ4n) is 2.98. The normalized spacial score (nSPS) is 20.7. The SMILES string of the molecule is CC(c1nnc(-c2cccs2)o1)N1CCN(C(=O)C2CC2)CC1. The van der Waals surface area contributed by atoms with Crippen molar-refractivity contribution in [3.05, 3.63) is 23.4 Å². The van der Waals surface area contributed by atoms with Crippen molar-refractivity contribution in [3.8, 4) is 10.8 Å². The molecule has 2 aromatic rings. The van der Waals surface area contributed by atoms with E-state index in [2.05, 4.69) is 22.0 Å². The second-order valence-electron chi connectivity index (χ2n) is 6.23. The first-order valence-electron chi connectivity index (χ1n) is 8.12. The molecule has 0 bridgehead atoms. The molecule has 7 heteroatoms. The lowest BCUT2D eigenvalue weighted by Gasteiger charge is -2.37. The number of amides is 1. The van der Waals surface area contributed by atoms with Gasteiger partial charge in [-0.05, 0) is 31.2 Å². The van der Waals surface area contributed by atoms with Crippen LogP contribution in [0.1, 0.15) is 31.7 Å². The maximum Gasteiger partial charge on any atom is 0.257 e. The fraction of sp³-hybridized carbons (Fsp3) is 0.562. The Labute approximate surface area is 139 Å². The zero-order valence-electron chi connectivity index (χ0n) is 13.1. The zero-order chi connectivity index (χ0) is 15.8. The fourth-order valence-corrected chi connectivity index (χ4v) is 3.62. The van der Waals surface area contributed by atoms with Gasteiger partial charge in [-0.25, -0.2) is 0 Å². The van der Waals surface area contributed by atoms with Gasteiger partial charge in [-0.3, -0.25) is 9.69 Å². The Hall–Kier alpha value is -1.73. The summed E-state index contributed by atoms with van der Waals surface area (Å²) in [4.78, 5) is 17.4. The van der Waals surface area contributed by atoms with E-state index in [1.54, 1.807) is 11.3 Å². The number of hydrogen-bond acceptors (Lipinski definition) is 6.